The summed E-state index contributed by atoms with van der Waals surface area (Å²) in [6, 6.07) is 2.91. The van der Waals surface area contributed by atoms with Crippen LogP contribution in [-0.2, 0) is 26.8 Å². The molecule has 1 aliphatic heterocycles. The maximum absolute atomic E-state index is 11.5. The molecule has 0 N–H and O–H groups in total. The van der Waals surface area contributed by atoms with Gasteiger partial charge in [-0.05, 0) is 29.7 Å². The third kappa shape index (κ3) is 2.48. The SMILES string of the molecule is CC(=O)N1CCc2c(Cl)ccc(S(=O)(=O)Cl)c2C1. The van der Waals surface area contributed by atoms with Crippen LogP contribution in [0.5, 0.6) is 0 Å². The second-order valence-corrected chi connectivity index (χ2v) is 7.07. The summed E-state index contributed by atoms with van der Waals surface area (Å²) in [4.78, 5) is 13.0. The number of hydrogen-bond acceptors (Lipinski definition) is 3. The molecule has 18 heavy (non-hydrogen) atoms. The lowest BCUT2D eigenvalue weighted by Gasteiger charge is -2.29. The van der Waals surface area contributed by atoms with E-state index in [2.05, 4.69) is 0 Å². The smallest absolute Gasteiger partial charge is 0.261 e. The molecule has 98 valence electrons. The third-order valence-electron chi connectivity index (χ3n) is 3.02. The van der Waals surface area contributed by atoms with Crippen molar-refractivity contribution in [2.75, 3.05) is 6.54 Å². The first kappa shape index (κ1) is 13.6. The number of rotatable bonds is 1. The molecule has 0 atom stereocenters. The maximum Gasteiger partial charge on any atom is 0.261 e. The minimum Gasteiger partial charge on any atom is -0.338 e. The zero-order valence-electron chi connectivity index (χ0n) is 9.61. The molecule has 0 unspecified atom stereocenters. The van der Waals surface area contributed by atoms with Crippen LogP contribution in [0, 0.1) is 0 Å². The van der Waals surface area contributed by atoms with Crippen molar-refractivity contribution in [2.45, 2.75) is 24.8 Å². The van der Waals surface area contributed by atoms with Crippen molar-refractivity contribution in [3.05, 3.63) is 28.3 Å². The monoisotopic (exact) mass is 307 g/mol. The van der Waals surface area contributed by atoms with E-state index >= 15 is 0 Å². The van der Waals surface area contributed by atoms with Crippen LogP contribution in [0.15, 0.2) is 17.0 Å². The highest BCUT2D eigenvalue weighted by atomic mass is 35.7. The van der Waals surface area contributed by atoms with E-state index in [1.165, 1.54) is 19.1 Å². The molecule has 0 saturated heterocycles. The summed E-state index contributed by atoms with van der Waals surface area (Å²) < 4.78 is 23.0. The van der Waals surface area contributed by atoms with Crippen molar-refractivity contribution in [3.63, 3.8) is 0 Å². The molecule has 0 spiro atoms. The minimum absolute atomic E-state index is 0.0366. The number of fused-ring (bicyclic) bond motifs is 1. The largest absolute Gasteiger partial charge is 0.338 e. The van der Waals surface area contributed by atoms with Crippen LogP contribution in [-0.4, -0.2) is 25.8 Å². The average molecular weight is 308 g/mol. The zero-order chi connectivity index (χ0) is 13.5. The number of nitrogens with zero attached hydrogens (tertiary/aromatic N) is 1. The number of hydrogen-bond donors (Lipinski definition) is 0. The van der Waals surface area contributed by atoms with Gasteiger partial charge in [0.05, 0.1) is 4.90 Å². The number of benzene rings is 1. The van der Waals surface area contributed by atoms with Gasteiger partial charge in [-0.1, -0.05) is 11.6 Å². The van der Waals surface area contributed by atoms with Crippen LogP contribution >= 0.6 is 22.3 Å². The van der Waals surface area contributed by atoms with E-state index in [-0.39, 0.29) is 17.3 Å². The van der Waals surface area contributed by atoms with Crippen LogP contribution in [0.25, 0.3) is 0 Å². The Hall–Kier alpha value is -0.780. The van der Waals surface area contributed by atoms with Gasteiger partial charge >= 0.3 is 0 Å². The summed E-state index contributed by atoms with van der Waals surface area (Å²) in [7, 11) is 1.57. The highest BCUT2D eigenvalue weighted by molar-refractivity contribution is 8.13. The Labute approximate surface area is 115 Å². The van der Waals surface area contributed by atoms with Gasteiger partial charge in [-0.25, -0.2) is 8.42 Å². The van der Waals surface area contributed by atoms with E-state index in [4.69, 9.17) is 22.3 Å². The fourth-order valence-corrected chi connectivity index (χ4v) is 3.52. The third-order valence-corrected chi connectivity index (χ3v) is 4.78. The topological polar surface area (TPSA) is 54.5 Å². The van der Waals surface area contributed by atoms with Gasteiger partial charge in [-0.2, -0.15) is 0 Å². The Kier molecular flexibility index (Phi) is 3.58. The molecule has 0 aliphatic carbocycles. The first-order chi connectivity index (χ1) is 8.30. The molecular formula is C11H11Cl2NO3S. The van der Waals surface area contributed by atoms with Crippen LogP contribution in [0.3, 0.4) is 0 Å². The summed E-state index contributed by atoms with van der Waals surface area (Å²) >= 11 is 6.05. The van der Waals surface area contributed by atoms with Gasteiger partial charge in [0.15, 0.2) is 0 Å². The molecule has 0 fully saturated rings. The number of amides is 1. The van der Waals surface area contributed by atoms with Crippen LogP contribution in [0.2, 0.25) is 5.02 Å². The van der Waals surface area contributed by atoms with E-state index in [0.29, 0.717) is 23.6 Å². The molecule has 2 rings (SSSR count). The molecule has 1 aromatic carbocycles. The molecule has 0 bridgehead atoms. The molecule has 1 amide bonds. The summed E-state index contributed by atoms with van der Waals surface area (Å²) in [5.41, 5.74) is 1.29. The minimum atomic E-state index is -3.83. The quantitative estimate of drug-likeness (QED) is 0.747. The van der Waals surface area contributed by atoms with Crippen LogP contribution in [0.4, 0.5) is 0 Å². The molecule has 7 heteroatoms. The van der Waals surface area contributed by atoms with Crippen molar-refractivity contribution in [1.82, 2.24) is 4.90 Å². The number of carbonyl (C=O) groups is 1. The zero-order valence-corrected chi connectivity index (χ0v) is 11.9. The van der Waals surface area contributed by atoms with Crippen molar-refractivity contribution in [3.8, 4) is 0 Å². The van der Waals surface area contributed by atoms with E-state index in [0.717, 1.165) is 5.56 Å². The molecule has 1 heterocycles. The number of carbonyl (C=O) groups excluding carboxylic acids is 1. The van der Waals surface area contributed by atoms with Gasteiger partial charge in [0.2, 0.25) is 5.91 Å². The van der Waals surface area contributed by atoms with Gasteiger partial charge in [-0.3, -0.25) is 4.79 Å². The Balaban J connectivity index is 2.59. The average Bonchev–Trinajstić information content (AvgIpc) is 2.27. The van der Waals surface area contributed by atoms with E-state index < -0.39 is 9.05 Å². The second-order valence-electron chi connectivity index (χ2n) is 4.13. The summed E-state index contributed by atoms with van der Waals surface area (Å²) in [5.74, 6) is -0.0986. The lowest BCUT2D eigenvalue weighted by Crippen LogP contribution is -2.35. The van der Waals surface area contributed by atoms with E-state index in [9.17, 15) is 13.2 Å². The Morgan fingerprint density at radius 1 is 1.33 bits per heavy atom. The van der Waals surface area contributed by atoms with Gasteiger partial charge in [0, 0.05) is 35.7 Å². The first-order valence-electron chi connectivity index (χ1n) is 5.31. The highest BCUT2D eigenvalue weighted by Gasteiger charge is 2.26. The lowest BCUT2D eigenvalue weighted by atomic mass is 9.99. The van der Waals surface area contributed by atoms with Gasteiger partial charge in [-0.15, -0.1) is 0 Å². The molecule has 1 aromatic rings. The molecule has 0 radical (unpaired) electrons. The van der Waals surface area contributed by atoms with Crippen LogP contribution < -0.4 is 0 Å². The molecule has 0 aromatic heterocycles. The van der Waals surface area contributed by atoms with Gasteiger partial charge in [0.25, 0.3) is 9.05 Å². The van der Waals surface area contributed by atoms with Gasteiger partial charge < -0.3 is 4.90 Å². The highest BCUT2D eigenvalue weighted by Crippen LogP contribution is 2.32. The Morgan fingerprint density at radius 2 is 2.00 bits per heavy atom. The normalized spacial score (nSPS) is 15.4. The molecular weight excluding hydrogens is 297 g/mol. The summed E-state index contributed by atoms with van der Waals surface area (Å²) in [6.07, 6.45) is 0.536. The predicted molar refractivity (Wildman–Crippen MR) is 69.3 cm³/mol. The van der Waals surface area contributed by atoms with E-state index in [1.54, 1.807) is 4.90 Å². The van der Waals surface area contributed by atoms with Crippen molar-refractivity contribution in [2.24, 2.45) is 0 Å². The van der Waals surface area contributed by atoms with Crippen LogP contribution in [0.1, 0.15) is 18.1 Å². The standard InChI is InChI=1S/C11H11Cl2NO3S/c1-7(15)14-5-4-8-9(6-14)11(18(13,16)17)3-2-10(8)12/h2-3H,4-6H2,1H3. The molecule has 4 nitrogen and oxygen atoms in total. The molecule has 0 saturated carbocycles. The Bertz CT molecular complexity index is 613. The fourth-order valence-electron chi connectivity index (χ4n) is 2.10. The summed E-state index contributed by atoms with van der Waals surface area (Å²) in [6.45, 7) is 2.21. The maximum atomic E-state index is 11.5. The van der Waals surface area contributed by atoms with E-state index in [1.807, 2.05) is 0 Å². The van der Waals surface area contributed by atoms with Gasteiger partial charge in [0.1, 0.15) is 0 Å². The van der Waals surface area contributed by atoms with Crippen molar-refractivity contribution in [1.29, 1.82) is 0 Å². The fraction of sp³-hybridized carbons (Fsp3) is 0.364. The second kappa shape index (κ2) is 4.72. The first-order valence-corrected chi connectivity index (χ1v) is 8.00. The van der Waals surface area contributed by atoms with Crippen molar-refractivity contribution >= 4 is 37.2 Å². The number of halogens is 2. The van der Waals surface area contributed by atoms with Crippen molar-refractivity contribution < 1.29 is 13.2 Å². The lowest BCUT2D eigenvalue weighted by molar-refractivity contribution is -0.129. The summed E-state index contributed by atoms with van der Waals surface area (Å²) in [5, 5.41) is 0.511. The predicted octanol–water partition coefficient (Wildman–Crippen LogP) is 2.17. The molecule has 1 aliphatic rings. The Morgan fingerprint density at radius 3 is 2.56 bits per heavy atom.